The minimum Gasteiger partial charge on any atom is -0.494 e. The first-order chi connectivity index (χ1) is 18.1. The summed E-state index contributed by atoms with van der Waals surface area (Å²) in [6.07, 6.45) is 5.73. The SMILES string of the molecule is CCOc1ccc(COc2nc(N3CCc4ccccc43)ncc2C(=O)NCc2cnc(C)cn2)cc1. The van der Waals surface area contributed by atoms with Crippen LogP contribution in [0.3, 0.4) is 0 Å². The van der Waals surface area contributed by atoms with Crippen LogP contribution in [0.15, 0.2) is 67.1 Å². The molecule has 1 aliphatic heterocycles. The molecule has 3 heterocycles. The molecule has 2 aromatic carbocycles. The highest BCUT2D eigenvalue weighted by Crippen LogP contribution is 2.33. The second kappa shape index (κ2) is 11.0. The fourth-order valence-electron chi connectivity index (χ4n) is 4.08. The zero-order valence-electron chi connectivity index (χ0n) is 20.8. The number of carbonyl (C=O) groups is 1. The van der Waals surface area contributed by atoms with Gasteiger partial charge in [0.2, 0.25) is 11.8 Å². The van der Waals surface area contributed by atoms with Crippen molar-refractivity contribution < 1.29 is 14.3 Å². The van der Waals surface area contributed by atoms with Crippen LogP contribution in [0.2, 0.25) is 0 Å². The summed E-state index contributed by atoms with van der Waals surface area (Å²) in [5.41, 5.74) is 4.95. The molecule has 188 valence electrons. The Morgan fingerprint density at radius 3 is 2.62 bits per heavy atom. The molecule has 9 nitrogen and oxygen atoms in total. The number of fused-ring (bicyclic) bond motifs is 1. The van der Waals surface area contributed by atoms with Crippen molar-refractivity contribution in [3.8, 4) is 11.6 Å². The molecular formula is C28H28N6O3. The number of ether oxygens (including phenoxy) is 2. The number of aromatic nitrogens is 4. The lowest BCUT2D eigenvalue weighted by Gasteiger charge is -2.19. The van der Waals surface area contributed by atoms with Gasteiger partial charge < -0.3 is 19.7 Å². The van der Waals surface area contributed by atoms with Gasteiger partial charge in [-0.2, -0.15) is 4.98 Å². The molecule has 0 fully saturated rings. The topological polar surface area (TPSA) is 102 Å². The molecule has 9 heteroatoms. The lowest BCUT2D eigenvalue weighted by atomic mass is 10.2. The number of para-hydroxylation sites is 1. The van der Waals surface area contributed by atoms with E-state index in [0.29, 0.717) is 18.2 Å². The van der Waals surface area contributed by atoms with E-state index in [1.807, 2.05) is 55.1 Å². The number of amides is 1. The van der Waals surface area contributed by atoms with E-state index >= 15 is 0 Å². The fourth-order valence-corrected chi connectivity index (χ4v) is 4.08. The average molecular weight is 497 g/mol. The van der Waals surface area contributed by atoms with Gasteiger partial charge in [-0.25, -0.2) is 4.98 Å². The molecule has 4 aromatic rings. The quantitative estimate of drug-likeness (QED) is 0.368. The molecule has 0 saturated carbocycles. The van der Waals surface area contributed by atoms with Crippen molar-refractivity contribution in [1.29, 1.82) is 0 Å². The Labute approximate surface area is 215 Å². The minimum atomic E-state index is -0.350. The minimum absolute atomic E-state index is 0.218. The molecule has 2 aromatic heterocycles. The number of hydrogen-bond donors (Lipinski definition) is 1. The lowest BCUT2D eigenvalue weighted by molar-refractivity contribution is 0.0944. The fraction of sp³-hybridized carbons (Fsp3) is 0.250. The van der Waals surface area contributed by atoms with E-state index in [2.05, 4.69) is 37.4 Å². The molecule has 0 saturated heterocycles. The van der Waals surface area contributed by atoms with Gasteiger partial charge in [0.15, 0.2) is 0 Å². The van der Waals surface area contributed by atoms with Gasteiger partial charge >= 0.3 is 0 Å². The third-order valence-electron chi connectivity index (χ3n) is 5.99. The predicted molar refractivity (Wildman–Crippen MR) is 139 cm³/mol. The highest BCUT2D eigenvalue weighted by molar-refractivity contribution is 5.96. The molecule has 1 N–H and O–H groups in total. The molecule has 1 aliphatic rings. The smallest absolute Gasteiger partial charge is 0.258 e. The number of carbonyl (C=O) groups excluding carboxylic acids is 1. The van der Waals surface area contributed by atoms with Gasteiger partial charge in [0, 0.05) is 24.6 Å². The third-order valence-corrected chi connectivity index (χ3v) is 5.99. The summed E-state index contributed by atoms with van der Waals surface area (Å²) in [4.78, 5) is 32.9. The summed E-state index contributed by atoms with van der Waals surface area (Å²) >= 11 is 0. The van der Waals surface area contributed by atoms with E-state index in [4.69, 9.17) is 9.47 Å². The lowest BCUT2D eigenvalue weighted by Crippen LogP contribution is -2.25. The van der Waals surface area contributed by atoms with Crippen LogP contribution < -0.4 is 19.7 Å². The van der Waals surface area contributed by atoms with Crippen molar-refractivity contribution in [3.63, 3.8) is 0 Å². The first-order valence-corrected chi connectivity index (χ1v) is 12.2. The zero-order chi connectivity index (χ0) is 25.6. The maximum Gasteiger partial charge on any atom is 0.258 e. The molecule has 0 spiro atoms. The predicted octanol–water partition coefficient (Wildman–Crippen LogP) is 4.18. The first-order valence-electron chi connectivity index (χ1n) is 12.2. The normalized spacial score (nSPS) is 12.2. The number of rotatable bonds is 9. The largest absolute Gasteiger partial charge is 0.494 e. The van der Waals surface area contributed by atoms with E-state index in [1.54, 1.807) is 12.4 Å². The Balaban J connectivity index is 1.38. The second-order valence-electron chi connectivity index (χ2n) is 8.62. The van der Waals surface area contributed by atoms with Crippen molar-refractivity contribution in [1.82, 2.24) is 25.3 Å². The molecule has 5 rings (SSSR count). The van der Waals surface area contributed by atoms with Crippen LogP contribution in [0.1, 0.15) is 39.8 Å². The number of nitrogens with zero attached hydrogens (tertiary/aromatic N) is 5. The van der Waals surface area contributed by atoms with Crippen LogP contribution in [0.25, 0.3) is 0 Å². The van der Waals surface area contributed by atoms with Crippen LogP contribution in [0.4, 0.5) is 11.6 Å². The van der Waals surface area contributed by atoms with Crippen molar-refractivity contribution >= 4 is 17.5 Å². The number of hydrogen-bond acceptors (Lipinski definition) is 8. The number of anilines is 2. The third kappa shape index (κ3) is 5.66. The van der Waals surface area contributed by atoms with Crippen molar-refractivity contribution in [3.05, 3.63) is 95.2 Å². The van der Waals surface area contributed by atoms with Crippen molar-refractivity contribution in [2.45, 2.75) is 33.4 Å². The van der Waals surface area contributed by atoms with Gasteiger partial charge in [-0.3, -0.25) is 14.8 Å². The molecular weight excluding hydrogens is 468 g/mol. The van der Waals surface area contributed by atoms with E-state index in [9.17, 15) is 4.79 Å². The van der Waals surface area contributed by atoms with Gasteiger partial charge in [0.25, 0.3) is 5.91 Å². The number of aryl methyl sites for hydroxylation is 1. The maximum absolute atomic E-state index is 13.1. The summed E-state index contributed by atoms with van der Waals surface area (Å²) in [6.45, 7) is 5.64. The maximum atomic E-state index is 13.1. The van der Waals surface area contributed by atoms with E-state index in [1.165, 1.54) is 11.8 Å². The van der Waals surface area contributed by atoms with E-state index in [-0.39, 0.29) is 30.5 Å². The Bertz CT molecular complexity index is 1380. The summed E-state index contributed by atoms with van der Waals surface area (Å²) in [5.74, 6) is 1.16. The molecule has 0 aliphatic carbocycles. The number of benzene rings is 2. The molecule has 37 heavy (non-hydrogen) atoms. The standard InChI is InChI=1S/C28H28N6O3/c1-3-36-23-10-8-20(9-11-23)18-37-27-24(26(35)31-16-22-15-29-19(2)14-30-22)17-32-28(33-27)34-13-12-21-6-4-5-7-25(21)34/h4-11,14-15,17H,3,12-13,16,18H2,1-2H3,(H,31,35). The van der Waals surface area contributed by atoms with Crippen LogP contribution in [-0.2, 0) is 19.6 Å². The van der Waals surface area contributed by atoms with Crippen LogP contribution in [-0.4, -0.2) is 39.0 Å². The van der Waals surface area contributed by atoms with Gasteiger partial charge in [0.05, 0.1) is 30.7 Å². The van der Waals surface area contributed by atoms with Crippen LogP contribution >= 0.6 is 0 Å². The Kier molecular flexibility index (Phi) is 7.21. The van der Waals surface area contributed by atoms with Crippen LogP contribution in [0, 0.1) is 6.92 Å². The first kappa shape index (κ1) is 24.2. The van der Waals surface area contributed by atoms with Crippen LogP contribution in [0.5, 0.6) is 11.6 Å². The van der Waals surface area contributed by atoms with Crippen molar-refractivity contribution in [2.24, 2.45) is 0 Å². The molecule has 0 atom stereocenters. The van der Waals surface area contributed by atoms with Crippen molar-refractivity contribution in [2.75, 3.05) is 18.1 Å². The van der Waals surface area contributed by atoms with Gasteiger partial charge in [-0.15, -0.1) is 0 Å². The van der Waals surface area contributed by atoms with Gasteiger partial charge in [-0.1, -0.05) is 30.3 Å². The van der Waals surface area contributed by atoms with E-state index in [0.717, 1.165) is 35.7 Å². The summed E-state index contributed by atoms with van der Waals surface area (Å²) < 4.78 is 11.6. The van der Waals surface area contributed by atoms with E-state index < -0.39 is 0 Å². The average Bonchev–Trinajstić information content (AvgIpc) is 3.36. The monoisotopic (exact) mass is 496 g/mol. The molecule has 0 radical (unpaired) electrons. The molecule has 0 unspecified atom stereocenters. The van der Waals surface area contributed by atoms with Gasteiger partial charge in [-0.05, 0) is 49.6 Å². The highest BCUT2D eigenvalue weighted by Gasteiger charge is 2.24. The Morgan fingerprint density at radius 1 is 1.00 bits per heavy atom. The highest BCUT2D eigenvalue weighted by atomic mass is 16.5. The Hall–Kier alpha value is -4.53. The summed E-state index contributed by atoms with van der Waals surface area (Å²) in [5, 5.41) is 2.87. The summed E-state index contributed by atoms with van der Waals surface area (Å²) in [6, 6.07) is 15.8. The molecule has 0 bridgehead atoms. The zero-order valence-corrected chi connectivity index (χ0v) is 20.8. The second-order valence-corrected chi connectivity index (χ2v) is 8.62. The number of nitrogens with one attached hydrogen (secondary N) is 1. The summed E-state index contributed by atoms with van der Waals surface area (Å²) in [7, 11) is 0. The van der Waals surface area contributed by atoms with Gasteiger partial charge in [0.1, 0.15) is 17.9 Å². The molecule has 1 amide bonds. The Morgan fingerprint density at radius 2 is 1.84 bits per heavy atom.